The van der Waals surface area contributed by atoms with Gasteiger partial charge in [-0.3, -0.25) is 10.0 Å². The predicted octanol–water partition coefficient (Wildman–Crippen LogP) is 11.7. The van der Waals surface area contributed by atoms with E-state index in [0.29, 0.717) is 30.9 Å². The number of carbonyl (C=O) groups is 2. The van der Waals surface area contributed by atoms with Crippen LogP contribution in [0, 0.1) is 0 Å². The van der Waals surface area contributed by atoms with Gasteiger partial charge in [0.05, 0.1) is 26.4 Å². The van der Waals surface area contributed by atoms with Gasteiger partial charge in [-0.15, -0.1) is 0 Å². The number of aliphatic hydroxyl groups is 1. The van der Waals surface area contributed by atoms with E-state index >= 15 is 0 Å². The molecule has 0 aromatic rings. The SMILES string of the molecule is CCCCCCCCCOC(=O)CCCCCCCN(CCCCCCCC(O)OC(CCCCCCCC)CCCCNCCC)CCCN(O)C(=O)OC. The number of nitrogens with one attached hydrogen (secondary N) is 1. The van der Waals surface area contributed by atoms with Crippen molar-refractivity contribution < 1.29 is 34.1 Å². The summed E-state index contributed by atoms with van der Waals surface area (Å²) in [5.74, 6) is -0.0547. The van der Waals surface area contributed by atoms with Gasteiger partial charge in [-0.25, -0.2) is 4.79 Å². The molecule has 0 fully saturated rings. The van der Waals surface area contributed by atoms with Gasteiger partial charge in [-0.1, -0.05) is 136 Å². The molecule has 334 valence electrons. The number of hydrogen-bond acceptors (Lipinski definition) is 9. The normalized spacial score (nSPS) is 12.6. The molecule has 10 nitrogen and oxygen atoms in total. The highest BCUT2D eigenvalue weighted by molar-refractivity contribution is 5.69. The van der Waals surface area contributed by atoms with Crippen molar-refractivity contribution in [2.24, 2.45) is 0 Å². The van der Waals surface area contributed by atoms with E-state index in [-0.39, 0.29) is 18.6 Å². The van der Waals surface area contributed by atoms with Crippen LogP contribution in [0.3, 0.4) is 0 Å². The second-order valence-electron chi connectivity index (χ2n) is 16.2. The monoisotopic (exact) mass is 800 g/mol. The van der Waals surface area contributed by atoms with E-state index < -0.39 is 12.4 Å². The van der Waals surface area contributed by atoms with E-state index in [1.807, 2.05) is 0 Å². The zero-order valence-corrected chi connectivity index (χ0v) is 37.4. The molecular weight excluding hydrogens is 707 g/mol. The van der Waals surface area contributed by atoms with Gasteiger partial charge in [-0.05, 0) is 110 Å². The molecule has 0 aliphatic rings. The summed E-state index contributed by atoms with van der Waals surface area (Å²) in [4.78, 5) is 26.1. The molecule has 1 amide bonds. The van der Waals surface area contributed by atoms with Crippen LogP contribution in [-0.2, 0) is 19.0 Å². The van der Waals surface area contributed by atoms with Gasteiger partial charge < -0.3 is 29.5 Å². The number of rotatable bonds is 44. The molecule has 0 aromatic heterocycles. The molecule has 0 saturated heterocycles. The number of nitrogens with zero attached hydrogens (tertiary/aromatic N) is 2. The Morgan fingerprint density at radius 1 is 0.554 bits per heavy atom. The molecule has 0 aliphatic heterocycles. The van der Waals surface area contributed by atoms with Crippen molar-refractivity contribution in [1.82, 2.24) is 15.3 Å². The molecule has 3 N–H and O–H groups in total. The van der Waals surface area contributed by atoms with Gasteiger partial charge in [0.1, 0.15) is 0 Å². The number of hydroxylamine groups is 2. The maximum atomic E-state index is 12.1. The zero-order valence-electron chi connectivity index (χ0n) is 37.4. The molecule has 0 aromatic carbocycles. The van der Waals surface area contributed by atoms with Gasteiger partial charge in [0.2, 0.25) is 0 Å². The lowest BCUT2D eigenvalue weighted by molar-refractivity contribution is -0.144. The van der Waals surface area contributed by atoms with E-state index in [4.69, 9.17) is 9.47 Å². The summed E-state index contributed by atoms with van der Waals surface area (Å²) in [5.41, 5.74) is 0. The van der Waals surface area contributed by atoms with Crippen LogP contribution < -0.4 is 5.32 Å². The summed E-state index contributed by atoms with van der Waals surface area (Å²) in [5, 5.41) is 24.8. The first-order valence-corrected chi connectivity index (χ1v) is 23.8. The molecule has 2 atom stereocenters. The number of aliphatic hydroxyl groups excluding tert-OH is 1. The summed E-state index contributed by atoms with van der Waals surface area (Å²) in [6.07, 6.45) is 33.2. The third kappa shape index (κ3) is 38.1. The molecule has 0 spiro atoms. The lowest BCUT2D eigenvalue weighted by Crippen LogP contribution is -2.33. The molecule has 0 heterocycles. The minimum Gasteiger partial charge on any atom is -0.466 e. The fourth-order valence-electron chi connectivity index (χ4n) is 7.26. The third-order valence-electron chi connectivity index (χ3n) is 10.8. The average Bonchev–Trinajstić information content (AvgIpc) is 3.19. The molecule has 0 aliphatic carbocycles. The first-order valence-electron chi connectivity index (χ1n) is 23.8. The highest BCUT2D eigenvalue weighted by Gasteiger charge is 2.15. The Bertz CT molecular complexity index is 821. The van der Waals surface area contributed by atoms with E-state index in [2.05, 4.69) is 35.7 Å². The Labute approximate surface area is 345 Å². The van der Waals surface area contributed by atoms with Crippen molar-refractivity contribution in [3.8, 4) is 0 Å². The van der Waals surface area contributed by atoms with Crippen LogP contribution in [0.5, 0.6) is 0 Å². The van der Waals surface area contributed by atoms with Crippen molar-refractivity contribution in [2.75, 3.05) is 53.0 Å². The van der Waals surface area contributed by atoms with Gasteiger partial charge >= 0.3 is 12.1 Å². The number of ether oxygens (including phenoxy) is 3. The smallest absolute Gasteiger partial charge is 0.433 e. The van der Waals surface area contributed by atoms with Crippen molar-refractivity contribution in [3.63, 3.8) is 0 Å². The summed E-state index contributed by atoms with van der Waals surface area (Å²) < 4.78 is 16.3. The highest BCUT2D eigenvalue weighted by Crippen LogP contribution is 2.19. The van der Waals surface area contributed by atoms with E-state index in [1.54, 1.807) is 0 Å². The molecule has 0 rings (SSSR count). The van der Waals surface area contributed by atoms with Gasteiger partial charge in [0, 0.05) is 6.42 Å². The first kappa shape index (κ1) is 54.5. The van der Waals surface area contributed by atoms with Gasteiger partial charge in [0.25, 0.3) is 0 Å². The first-order chi connectivity index (χ1) is 27.4. The van der Waals surface area contributed by atoms with E-state index in [1.165, 1.54) is 84.2 Å². The minimum absolute atomic E-state index is 0.0547. The fourth-order valence-corrected chi connectivity index (χ4v) is 7.26. The Morgan fingerprint density at radius 3 is 1.64 bits per heavy atom. The van der Waals surface area contributed by atoms with Crippen LogP contribution in [-0.4, -0.2) is 97.7 Å². The summed E-state index contributed by atoms with van der Waals surface area (Å²) in [7, 11) is 1.27. The van der Waals surface area contributed by atoms with E-state index in [9.17, 15) is 19.9 Å². The molecule has 0 saturated carbocycles. The van der Waals surface area contributed by atoms with Crippen LogP contribution in [0.25, 0.3) is 0 Å². The number of carbonyl (C=O) groups excluding carboxylic acids is 2. The van der Waals surface area contributed by atoms with Crippen LogP contribution in [0.15, 0.2) is 0 Å². The number of hydrogen-bond donors (Lipinski definition) is 3. The molecular formula is C46H93N3O7. The zero-order chi connectivity index (χ0) is 41.2. The number of esters is 1. The predicted molar refractivity (Wildman–Crippen MR) is 232 cm³/mol. The van der Waals surface area contributed by atoms with Crippen LogP contribution in [0.2, 0.25) is 0 Å². The van der Waals surface area contributed by atoms with Crippen LogP contribution >= 0.6 is 0 Å². The van der Waals surface area contributed by atoms with Crippen molar-refractivity contribution >= 4 is 12.1 Å². The van der Waals surface area contributed by atoms with Gasteiger partial charge in [0.15, 0.2) is 6.29 Å². The molecule has 0 radical (unpaired) electrons. The average molecular weight is 800 g/mol. The largest absolute Gasteiger partial charge is 0.466 e. The standard InChI is InChI=1S/C46H93N3O7/c1-5-8-10-12-14-22-30-42-55-44(50)34-24-18-15-20-28-38-48(40-31-41-49(53)46(52)54-4)39-29-21-16-19-25-35-45(51)56-43(32-23-17-13-11-9-6-2)33-26-27-37-47-36-7-3/h43,45,47,51,53H,5-42H2,1-4H3. The number of unbranched alkanes of at least 4 members (excludes halogenated alkanes) is 20. The van der Waals surface area contributed by atoms with Gasteiger partial charge in [-0.2, -0.15) is 5.06 Å². The second-order valence-corrected chi connectivity index (χ2v) is 16.2. The number of amides is 1. The van der Waals surface area contributed by atoms with Crippen molar-refractivity contribution in [2.45, 2.75) is 232 Å². The Kier molecular flexibility index (Phi) is 42.0. The quantitative estimate of drug-likeness (QED) is 0.0182. The van der Waals surface area contributed by atoms with E-state index in [0.717, 1.165) is 135 Å². The molecule has 0 bridgehead atoms. The minimum atomic E-state index is -0.725. The lowest BCUT2D eigenvalue weighted by Gasteiger charge is -2.23. The third-order valence-corrected chi connectivity index (χ3v) is 10.8. The molecule has 56 heavy (non-hydrogen) atoms. The van der Waals surface area contributed by atoms with Crippen molar-refractivity contribution in [3.05, 3.63) is 0 Å². The lowest BCUT2D eigenvalue weighted by atomic mass is 10.0. The fraction of sp³-hybridized carbons (Fsp3) is 0.957. The Balaban J connectivity index is 4.37. The summed E-state index contributed by atoms with van der Waals surface area (Å²) >= 11 is 0. The Hall–Kier alpha value is -1.46. The molecule has 10 heteroatoms. The summed E-state index contributed by atoms with van der Waals surface area (Å²) in [6.45, 7) is 12.4. The number of methoxy groups -OCH3 is 1. The maximum absolute atomic E-state index is 12.1. The van der Waals surface area contributed by atoms with Crippen LogP contribution in [0.4, 0.5) is 4.79 Å². The molecule has 2 unspecified atom stereocenters. The second kappa shape index (κ2) is 43.1. The van der Waals surface area contributed by atoms with Crippen molar-refractivity contribution in [1.29, 1.82) is 0 Å². The Morgan fingerprint density at radius 2 is 1.05 bits per heavy atom. The highest BCUT2D eigenvalue weighted by atomic mass is 16.6. The summed E-state index contributed by atoms with van der Waals surface area (Å²) in [6, 6.07) is 0. The van der Waals surface area contributed by atoms with Crippen LogP contribution in [0.1, 0.15) is 220 Å². The topological polar surface area (TPSA) is 121 Å². The maximum Gasteiger partial charge on any atom is 0.433 e.